The third-order valence-electron chi connectivity index (χ3n) is 1.83. The summed E-state index contributed by atoms with van der Waals surface area (Å²) in [5, 5.41) is 3.21. The first kappa shape index (κ1) is 8.38. The molecule has 0 bridgehead atoms. The van der Waals surface area contributed by atoms with E-state index in [9.17, 15) is 0 Å². The van der Waals surface area contributed by atoms with Gasteiger partial charge in [-0.3, -0.25) is 4.40 Å². The van der Waals surface area contributed by atoms with Gasteiger partial charge in [0.05, 0.1) is 0 Å². The number of fused-ring (bicyclic) bond motifs is 1. The molecule has 0 aromatic carbocycles. The van der Waals surface area contributed by atoms with Crippen molar-refractivity contribution >= 4 is 23.1 Å². The molecule has 2 aromatic heterocycles. The van der Waals surface area contributed by atoms with E-state index in [1.165, 1.54) is 0 Å². The van der Waals surface area contributed by atoms with E-state index < -0.39 is 0 Å². The van der Waals surface area contributed by atoms with Gasteiger partial charge in [-0.25, -0.2) is 4.98 Å². The van der Waals surface area contributed by atoms with Crippen molar-refractivity contribution in [1.29, 1.82) is 0 Å². The lowest BCUT2D eigenvalue weighted by molar-refractivity contribution is 1.11. The van der Waals surface area contributed by atoms with Crippen molar-refractivity contribution in [2.45, 2.75) is 0 Å². The maximum atomic E-state index is 5.59. The number of hydrogen-bond donors (Lipinski definition) is 1. The Labute approximate surface area is 81.4 Å². The summed E-state index contributed by atoms with van der Waals surface area (Å²) in [5.41, 5.74) is 0.944. The number of pyridine rings is 1. The molecule has 0 saturated carbocycles. The average molecular weight is 196 g/mol. The minimum absolute atomic E-state index is 0.602. The molecule has 0 fully saturated rings. The molecule has 0 amide bonds. The van der Waals surface area contributed by atoms with Crippen LogP contribution in [0.2, 0.25) is 0 Å². The van der Waals surface area contributed by atoms with Crippen LogP contribution in [0.5, 0.6) is 0 Å². The molecule has 0 spiro atoms. The zero-order valence-corrected chi connectivity index (χ0v) is 7.83. The molecular formula is C9H10ClN3. The van der Waals surface area contributed by atoms with E-state index in [2.05, 4.69) is 10.3 Å². The van der Waals surface area contributed by atoms with Crippen LogP contribution in [0.1, 0.15) is 0 Å². The number of rotatable bonds is 3. The molecule has 2 rings (SSSR count). The van der Waals surface area contributed by atoms with Crippen molar-refractivity contribution in [2.75, 3.05) is 17.7 Å². The van der Waals surface area contributed by atoms with Gasteiger partial charge in [0.25, 0.3) is 0 Å². The van der Waals surface area contributed by atoms with E-state index >= 15 is 0 Å². The van der Waals surface area contributed by atoms with Gasteiger partial charge in [0.15, 0.2) is 0 Å². The van der Waals surface area contributed by atoms with Gasteiger partial charge in [0, 0.05) is 24.8 Å². The monoisotopic (exact) mass is 195 g/mol. The van der Waals surface area contributed by atoms with Crippen molar-refractivity contribution in [3.63, 3.8) is 0 Å². The number of aromatic nitrogens is 2. The normalized spacial score (nSPS) is 10.5. The Bertz CT molecular complexity index is 396. The molecule has 0 saturated heterocycles. The summed E-state index contributed by atoms with van der Waals surface area (Å²) in [5.74, 6) is 1.63. The standard InChI is InChI=1S/C9H10ClN3/c10-4-5-11-8-2-1-3-9-12-6-7-13(8)9/h1-3,6-7,11H,4-5H2. The van der Waals surface area contributed by atoms with Crippen LogP contribution in [0.4, 0.5) is 5.82 Å². The van der Waals surface area contributed by atoms with Crippen LogP contribution < -0.4 is 5.32 Å². The highest BCUT2D eigenvalue weighted by Gasteiger charge is 1.97. The molecular weight excluding hydrogens is 186 g/mol. The molecule has 0 atom stereocenters. The molecule has 2 aromatic rings. The van der Waals surface area contributed by atoms with Crippen LogP contribution in [0, 0.1) is 0 Å². The SMILES string of the molecule is ClCCNc1cccc2nccn12. The Morgan fingerprint density at radius 3 is 3.23 bits per heavy atom. The molecule has 1 N–H and O–H groups in total. The molecule has 0 aliphatic rings. The fourth-order valence-electron chi connectivity index (χ4n) is 1.27. The number of halogens is 1. The highest BCUT2D eigenvalue weighted by atomic mass is 35.5. The second kappa shape index (κ2) is 3.66. The molecule has 4 heteroatoms. The number of imidazole rings is 1. The summed E-state index contributed by atoms with van der Waals surface area (Å²) in [4.78, 5) is 4.18. The van der Waals surface area contributed by atoms with Gasteiger partial charge < -0.3 is 5.32 Å². The van der Waals surface area contributed by atoms with Gasteiger partial charge in [-0.2, -0.15) is 0 Å². The predicted molar refractivity (Wildman–Crippen MR) is 54.4 cm³/mol. The second-order valence-corrected chi connectivity index (χ2v) is 3.06. The Morgan fingerprint density at radius 1 is 1.46 bits per heavy atom. The third-order valence-corrected chi connectivity index (χ3v) is 2.02. The van der Waals surface area contributed by atoms with E-state index in [0.717, 1.165) is 18.0 Å². The lowest BCUT2D eigenvalue weighted by atomic mass is 10.4. The number of nitrogens with one attached hydrogen (secondary N) is 1. The lowest BCUT2D eigenvalue weighted by Gasteiger charge is -2.06. The largest absolute Gasteiger partial charge is 0.370 e. The van der Waals surface area contributed by atoms with Crippen LogP contribution in [0.25, 0.3) is 5.65 Å². The van der Waals surface area contributed by atoms with Crippen LogP contribution in [0.15, 0.2) is 30.6 Å². The quantitative estimate of drug-likeness (QED) is 0.759. The number of hydrogen-bond acceptors (Lipinski definition) is 2. The molecule has 0 unspecified atom stereocenters. The first-order valence-electron chi connectivity index (χ1n) is 4.14. The topological polar surface area (TPSA) is 29.3 Å². The van der Waals surface area contributed by atoms with Crippen molar-refractivity contribution in [3.05, 3.63) is 30.6 Å². The van der Waals surface area contributed by atoms with Crippen LogP contribution in [-0.4, -0.2) is 21.8 Å². The lowest BCUT2D eigenvalue weighted by Crippen LogP contribution is -2.05. The smallest absolute Gasteiger partial charge is 0.138 e. The fourth-order valence-corrected chi connectivity index (χ4v) is 1.36. The summed E-state index contributed by atoms with van der Waals surface area (Å²) < 4.78 is 1.99. The van der Waals surface area contributed by atoms with Gasteiger partial charge in [-0.05, 0) is 12.1 Å². The molecule has 0 radical (unpaired) electrons. The minimum Gasteiger partial charge on any atom is -0.370 e. The first-order chi connectivity index (χ1) is 6.42. The third kappa shape index (κ3) is 1.60. The van der Waals surface area contributed by atoms with E-state index in [-0.39, 0.29) is 0 Å². The van der Waals surface area contributed by atoms with Gasteiger partial charge in [-0.1, -0.05) is 6.07 Å². The van der Waals surface area contributed by atoms with Gasteiger partial charge >= 0.3 is 0 Å². The molecule has 13 heavy (non-hydrogen) atoms. The van der Waals surface area contributed by atoms with Crippen LogP contribution >= 0.6 is 11.6 Å². The molecule has 3 nitrogen and oxygen atoms in total. The number of nitrogens with zero attached hydrogens (tertiary/aromatic N) is 2. The number of alkyl halides is 1. The molecule has 2 heterocycles. The maximum Gasteiger partial charge on any atom is 0.138 e. The van der Waals surface area contributed by atoms with Gasteiger partial charge in [0.1, 0.15) is 11.5 Å². The summed E-state index contributed by atoms with van der Waals surface area (Å²) in [6.07, 6.45) is 3.70. The van der Waals surface area contributed by atoms with Crippen molar-refractivity contribution < 1.29 is 0 Å². The van der Waals surface area contributed by atoms with Crippen molar-refractivity contribution in [3.8, 4) is 0 Å². The fraction of sp³-hybridized carbons (Fsp3) is 0.222. The average Bonchev–Trinajstić information content (AvgIpc) is 2.62. The summed E-state index contributed by atoms with van der Waals surface area (Å²) >= 11 is 5.59. The Balaban J connectivity index is 2.37. The molecule has 0 aliphatic heterocycles. The van der Waals surface area contributed by atoms with E-state index in [4.69, 9.17) is 11.6 Å². The van der Waals surface area contributed by atoms with Crippen LogP contribution in [0.3, 0.4) is 0 Å². The van der Waals surface area contributed by atoms with E-state index in [0.29, 0.717) is 5.88 Å². The zero-order valence-electron chi connectivity index (χ0n) is 7.07. The Hall–Kier alpha value is -1.22. The second-order valence-electron chi connectivity index (χ2n) is 2.68. The summed E-state index contributed by atoms with van der Waals surface area (Å²) in [6.45, 7) is 0.763. The van der Waals surface area contributed by atoms with Crippen molar-refractivity contribution in [1.82, 2.24) is 9.38 Å². The highest BCUT2D eigenvalue weighted by Crippen LogP contribution is 2.10. The Morgan fingerprint density at radius 2 is 2.38 bits per heavy atom. The van der Waals surface area contributed by atoms with Crippen molar-refractivity contribution in [2.24, 2.45) is 0 Å². The highest BCUT2D eigenvalue weighted by molar-refractivity contribution is 6.18. The summed E-state index contributed by atoms with van der Waals surface area (Å²) in [6, 6.07) is 5.94. The maximum absolute atomic E-state index is 5.59. The predicted octanol–water partition coefficient (Wildman–Crippen LogP) is 1.98. The number of anilines is 1. The van der Waals surface area contributed by atoms with E-state index in [1.807, 2.05) is 28.8 Å². The van der Waals surface area contributed by atoms with Gasteiger partial charge in [0.2, 0.25) is 0 Å². The first-order valence-corrected chi connectivity index (χ1v) is 4.67. The minimum atomic E-state index is 0.602. The van der Waals surface area contributed by atoms with E-state index in [1.54, 1.807) is 6.20 Å². The van der Waals surface area contributed by atoms with Gasteiger partial charge in [-0.15, -0.1) is 11.6 Å². The van der Waals surface area contributed by atoms with Crippen LogP contribution in [-0.2, 0) is 0 Å². The summed E-state index contributed by atoms with van der Waals surface area (Å²) in [7, 11) is 0. The molecule has 68 valence electrons. The Kier molecular flexibility index (Phi) is 2.36. The zero-order chi connectivity index (χ0) is 9.10. The molecule has 0 aliphatic carbocycles.